The molecule has 0 aliphatic carbocycles. The summed E-state index contributed by atoms with van der Waals surface area (Å²) in [5, 5.41) is 4.38. The van der Waals surface area contributed by atoms with Gasteiger partial charge in [0.2, 0.25) is 0 Å². The Morgan fingerprint density at radius 3 is 3.08 bits per heavy atom. The molecule has 0 saturated carbocycles. The van der Waals surface area contributed by atoms with Crippen molar-refractivity contribution in [2.24, 2.45) is 11.8 Å². The predicted octanol–water partition coefficient (Wildman–Crippen LogP) is 2.35. The Morgan fingerprint density at radius 2 is 2.27 bits per heavy atom. The molecule has 0 spiro atoms. The molecule has 0 bridgehead atoms. The van der Waals surface area contributed by atoms with E-state index in [9.17, 15) is 0 Å². The van der Waals surface area contributed by atoms with Crippen LogP contribution in [-0.2, 0) is 29.2 Å². The van der Waals surface area contributed by atoms with Gasteiger partial charge >= 0.3 is 0 Å². The highest BCUT2D eigenvalue weighted by Crippen LogP contribution is 2.36. The number of ether oxygens (including phenoxy) is 2. The number of likely N-dealkylation sites (tertiary alicyclic amines) is 1. The van der Waals surface area contributed by atoms with Gasteiger partial charge in [0.15, 0.2) is 0 Å². The Bertz CT molecular complexity index is 690. The second kappa shape index (κ2) is 8.29. The molecule has 0 unspecified atom stereocenters. The summed E-state index contributed by atoms with van der Waals surface area (Å²) in [5.41, 5.74) is 2.29. The molecule has 0 radical (unpaired) electrons. The molecule has 4 heterocycles. The molecule has 6 heteroatoms. The number of nitrogens with zero attached hydrogens (tertiary/aromatic N) is 4. The first-order valence-electron chi connectivity index (χ1n) is 9.64. The fraction of sp³-hybridized carbons (Fsp3) is 0.600. The van der Waals surface area contributed by atoms with Crippen molar-refractivity contribution < 1.29 is 9.47 Å². The van der Waals surface area contributed by atoms with Crippen LogP contribution in [0.4, 0.5) is 0 Å². The van der Waals surface area contributed by atoms with Crippen LogP contribution >= 0.6 is 0 Å². The van der Waals surface area contributed by atoms with Crippen LogP contribution in [0.25, 0.3) is 0 Å². The highest BCUT2D eigenvalue weighted by Gasteiger charge is 2.43. The smallest absolute Gasteiger partial charge is 0.0887 e. The number of pyridine rings is 1. The minimum absolute atomic E-state index is 0.386. The lowest BCUT2D eigenvalue weighted by atomic mass is 9.91. The van der Waals surface area contributed by atoms with Crippen LogP contribution < -0.4 is 0 Å². The van der Waals surface area contributed by atoms with Gasteiger partial charge in [-0.1, -0.05) is 6.07 Å². The van der Waals surface area contributed by atoms with E-state index in [2.05, 4.69) is 28.1 Å². The molecular weight excluding hydrogens is 328 g/mol. The molecule has 2 fully saturated rings. The van der Waals surface area contributed by atoms with E-state index in [4.69, 9.17) is 9.47 Å². The summed E-state index contributed by atoms with van der Waals surface area (Å²) >= 11 is 0. The van der Waals surface area contributed by atoms with E-state index in [0.29, 0.717) is 24.5 Å². The highest BCUT2D eigenvalue weighted by atomic mass is 16.5. The maximum atomic E-state index is 6.07. The molecule has 3 atom stereocenters. The summed E-state index contributed by atoms with van der Waals surface area (Å²) in [6, 6.07) is 5.93. The predicted molar refractivity (Wildman–Crippen MR) is 98.4 cm³/mol. The van der Waals surface area contributed by atoms with Gasteiger partial charge in [0.25, 0.3) is 0 Å². The Balaban J connectivity index is 1.21. The SMILES string of the molecule is CCn1cc(CN2C[C@@H]3[C@H](CCOCc4ccccn4)CO[C@@H]3C2)cn1. The van der Waals surface area contributed by atoms with E-state index in [0.717, 1.165) is 51.5 Å². The summed E-state index contributed by atoms with van der Waals surface area (Å²) in [4.78, 5) is 6.80. The monoisotopic (exact) mass is 356 g/mol. The molecular formula is C20H28N4O2. The van der Waals surface area contributed by atoms with Crippen molar-refractivity contribution in [3.63, 3.8) is 0 Å². The third-order valence-corrected chi connectivity index (χ3v) is 5.54. The van der Waals surface area contributed by atoms with Crippen LogP contribution in [0.15, 0.2) is 36.8 Å². The van der Waals surface area contributed by atoms with Crippen molar-refractivity contribution in [2.45, 2.75) is 39.1 Å². The lowest BCUT2D eigenvalue weighted by Crippen LogP contribution is -2.24. The van der Waals surface area contributed by atoms with Crippen LogP contribution in [0.3, 0.4) is 0 Å². The van der Waals surface area contributed by atoms with Crippen molar-refractivity contribution in [1.82, 2.24) is 19.7 Å². The molecule has 2 aliphatic heterocycles. The van der Waals surface area contributed by atoms with Gasteiger partial charge in [0.05, 0.1) is 31.2 Å². The Hall–Kier alpha value is -1.76. The zero-order valence-corrected chi connectivity index (χ0v) is 15.5. The average molecular weight is 356 g/mol. The lowest BCUT2D eigenvalue weighted by molar-refractivity contribution is 0.0811. The van der Waals surface area contributed by atoms with Gasteiger partial charge in [0.1, 0.15) is 0 Å². The van der Waals surface area contributed by atoms with Gasteiger partial charge in [-0.3, -0.25) is 14.6 Å². The number of aromatic nitrogens is 3. The zero-order valence-electron chi connectivity index (χ0n) is 15.5. The van der Waals surface area contributed by atoms with Gasteiger partial charge in [-0.05, 0) is 31.4 Å². The Kier molecular flexibility index (Phi) is 5.62. The molecule has 26 heavy (non-hydrogen) atoms. The fourth-order valence-corrected chi connectivity index (χ4v) is 4.12. The first-order valence-corrected chi connectivity index (χ1v) is 9.64. The second-order valence-corrected chi connectivity index (χ2v) is 7.36. The molecule has 0 N–H and O–H groups in total. The summed E-state index contributed by atoms with van der Waals surface area (Å²) in [6.07, 6.45) is 7.40. The van der Waals surface area contributed by atoms with E-state index in [-0.39, 0.29) is 0 Å². The normalized spacial score (nSPS) is 25.7. The summed E-state index contributed by atoms with van der Waals surface area (Å²) in [5.74, 6) is 1.24. The minimum atomic E-state index is 0.386. The first kappa shape index (κ1) is 17.6. The number of aryl methyl sites for hydroxylation is 1. The van der Waals surface area contributed by atoms with Gasteiger partial charge < -0.3 is 9.47 Å². The maximum absolute atomic E-state index is 6.07. The van der Waals surface area contributed by atoms with Crippen LogP contribution in [-0.4, -0.2) is 52.1 Å². The van der Waals surface area contributed by atoms with Gasteiger partial charge in [-0.25, -0.2) is 0 Å². The topological polar surface area (TPSA) is 52.4 Å². The molecule has 2 aromatic heterocycles. The maximum Gasteiger partial charge on any atom is 0.0887 e. The van der Waals surface area contributed by atoms with Crippen molar-refractivity contribution in [1.29, 1.82) is 0 Å². The third kappa shape index (κ3) is 4.14. The van der Waals surface area contributed by atoms with Crippen molar-refractivity contribution in [3.8, 4) is 0 Å². The van der Waals surface area contributed by atoms with Crippen molar-refractivity contribution in [2.75, 3.05) is 26.3 Å². The van der Waals surface area contributed by atoms with Crippen molar-refractivity contribution in [3.05, 3.63) is 48.0 Å². The molecule has 0 aromatic carbocycles. The number of fused-ring (bicyclic) bond motifs is 1. The molecule has 6 nitrogen and oxygen atoms in total. The van der Waals surface area contributed by atoms with E-state index < -0.39 is 0 Å². The summed E-state index contributed by atoms with van der Waals surface area (Å²) in [6.45, 7) is 8.41. The van der Waals surface area contributed by atoms with Crippen LogP contribution in [0.2, 0.25) is 0 Å². The molecule has 4 rings (SSSR count). The largest absolute Gasteiger partial charge is 0.376 e. The van der Waals surface area contributed by atoms with Crippen LogP contribution in [0.5, 0.6) is 0 Å². The number of rotatable bonds is 8. The first-order chi connectivity index (χ1) is 12.8. The van der Waals surface area contributed by atoms with E-state index in [1.807, 2.05) is 35.3 Å². The summed E-state index contributed by atoms with van der Waals surface area (Å²) in [7, 11) is 0. The lowest BCUT2D eigenvalue weighted by Gasteiger charge is -2.19. The molecule has 2 saturated heterocycles. The van der Waals surface area contributed by atoms with E-state index in [1.165, 1.54) is 5.56 Å². The number of hydrogen-bond acceptors (Lipinski definition) is 5. The third-order valence-electron chi connectivity index (χ3n) is 5.54. The molecule has 2 aliphatic rings. The molecule has 2 aromatic rings. The Morgan fingerprint density at radius 1 is 1.31 bits per heavy atom. The van der Waals surface area contributed by atoms with Gasteiger partial charge in [-0.2, -0.15) is 5.10 Å². The quantitative estimate of drug-likeness (QED) is 0.680. The average Bonchev–Trinajstić information content (AvgIpc) is 3.37. The minimum Gasteiger partial charge on any atom is -0.376 e. The van der Waals surface area contributed by atoms with Crippen molar-refractivity contribution >= 4 is 0 Å². The second-order valence-electron chi connectivity index (χ2n) is 7.36. The van der Waals surface area contributed by atoms with Gasteiger partial charge in [-0.15, -0.1) is 0 Å². The number of hydrogen-bond donors (Lipinski definition) is 0. The van der Waals surface area contributed by atoms with E-state index >= 15 is 0 Å². The molecule has 140 valence electrons. The standard InChI is InChI=1S/C20H28N4O2/c1-2-24-11-16(9-22-24)10-23-12-19-17(14-26-20(19)13-23)6-8-25-15-18-5-3-4-7-21-18/h3-5,7,9,11,17,19-20H,2,6,8,10,12-15H2,1H3/t17-,19-,20-/m1/s1. The summed E-state index contributed by atoms with van der Waals surface area (Å²) < 4.78 is 13.9. The molecule has 0 amide bonds. The van der Waals surface area contributed by atoms with E-state index in [1.54, 1.807) is 0 Å². The Labute approximate surface area is 155 Å². The van der Waals surface area contributed by atoms with Gasteiger partial charge in [0, 0.05) is 56.7 Å². The van der Waals surface area contributed by atoms with Crippen LogP contribution in [0, 0.1) is 11.8 Å². The zero-order chi connectivity index (χ0) is 17.8. The van der Waals surface area contributed by atoms with Crippen LogP contribution in [0.1, 0.15) is 24.6 Å². The highest BCUT2D eigenvalue weighted by molar-refractivity contribution is 5.05. The fourth-order valence-electron chi connectivity index (χ4n) is 4.12.